The third-order valence-corrected chi connectivity index (χ3v) is 6.65. The molecule has 3 rings (SSSR count). The molecule has 10 heteroatoms. The average Bonchev–Trinajstić information content (AvgIpc) is 3.09. The van der Waals surface area contributed by atoms with Gasteiger partial charge < -0.3 is 0 Å². The second-order valence-corrected chi connectivity index (χ2v) is 8.75. The van der Waals surface area contributed by atoms with E-state index in [1.807, 2.05) is 6.92 Å². The van der Waals surface area contributed by atoms with Crippen LogP contribution in [-0.2, 0) is 16.2 Å². The lowest BCUT2D eigenvalue weighted by Gasteiger charge is -2.21. The molecule has 1 heterocycles. The van der Waals surface area contributed by atoms with Crippen molar-refractivity contribution in [3.8, 4) is 5.69 Å². The van der Waals surface area contributed by atoms with Gasteiger partial charge in [-0.05, 0) is 51.1 Å². The second kappa shape index (κ2) is 8.18. The molecule has 0 bridgehead atoms. The lowest BCUT2D eigenvalue weighted by molar-refractivity contribution is -0.137. The van der Waals surface area contributed by atoms with E-state index in [2.05, 4.69) is 5.10 Å². The lowest BCUT2D eigenvalue weighted by Crippen LogP contribution is -2.37. The van der Waals surface area contributed by atoms with E-state index in [1.54, 1.807) is 12.1 Å². The Bertz CT molecular complexity index is 1220. The molecule has 1 amide bonds. The Labute approximate surface area is 178 Å². The molecule has 0 unspecified atom stereocenters. The summed E-state index contributed by atoms with van der Waals surface area (Å²) in [5, 5.41) is 4.02. The minimum absolute atomic E-state index is 0.0186. The summed E-state index contributed by atoms with van der Waals surface area (Å²) in [6.07, 6.45) is -3.37. The van der Waals surface area contributed by atoms with Gasteiger partial charge in [0.1, 0.15) is 0 Å². The molecule has 31 heavy (non-hydrogen) atoms. The molecule has 0 radical (unpaired) electrons. The van der Waals surface area contributed by atoms with E-state index >= 15 is 0 Å². The number of carbonyl (C=O) groups excluding carboxylic acids is 1. The summed E-state index contributed by atoms with van der Waals surface area (Å²) in [5.74, 6) is -0.807. The number of alkyl halides is 3. The van der Waals surface area contributed by atoms with Gasteiger partial charge in [-0.3, -0.25) is 4.79 Å². The Morgan fingerprint density at radius 3 is 2.32 bits per heavy atom. The van der Waals surface area contributed by atoms with Crippen LogP contribution in [0.1, 0.15) is 34.1 Å². The molecule has 0 fully saturated rings. The first-order valence-electron chi connectivity index (χ1n) is 9.32. The maximum atomic E-state index is 13.1. The molecule has 0 saturated carbocycles. The smallest absolute Gasteiger partial charge is 0.268 e. The standard InChI is InChI=1S/C21H20F3N3O3S/c1-4-26(31(29,30)18-10-8-14(2)9-11-18)20(28)19-13-25-27(15(19)3)17-7-5-6-16(12-17)21(22,23)24/h5-13H,4H2,1-3H3. The number of hydrogen-bond acceptors (Lipinski definition) is 4. The van der Waals surface area contributed by atoms with Crippen LogP contribution < -0.4 is 0 Å². The van der Waals surface area contributed by atoms with Gasteiger partial charge in [0, 0.05) is 6.54 Å². The highest BCUT2D eigenvalue weighted by Crippen LogP contribution is 2.31. The van der Waals surface area contributed by atoms with Crippen molar-refractivity contribution in [3.05, 3.63) is 77.1 Å². The Kier molecular flexibility index (Phi) is 5.95. The summed E-state index contributed by atoms with van der Waals surface area (Å²) in [6, 6.07) is 10.6. The molecule has 3 aromatic rings. The summed E-state index contributed by atoms with van der Waals surface area (Å²) in [6.45, 7) is 4.71. The van der Waals surface area contributed by atoms with Crippen LogP contribution in [0.5, 0.6) is 0 Å². The van der Waals surface area contributed by atoms with Crippen molar-refractivity contribution in [3.63, 3.8) is 0 Å². The van der Waals surface area contributed by atoms with Gasteiger partial charge in [-0.1, -0.05) is 23.8 Å². The van der Waals surface area contributed by atoms with Crippen molar-refractivity contribution in [1.29, 1.82) is 0 Å². The highest BCUT2D eigenvalue weighted by atomic mass is 32.2. The third-order valence-electron chi connectivity index (χ3n) is 4.78. The molecule has 6 nitrogen and oxygen atoms in total. The van der Waals surface area contributed by atoms with Crippen molar-refractivity contribution >= 4 is 15.9 Å². The maximum absolute atomic E-state index is 13.1. The fourth-order valence-electron chi connectivity index (χ4n) is 3.09. The van der Waals surface area contributed by atoms with E-state index in [4.69, 9.17) is 0 Å². The van der Waals surface area contributed by atoms with Crippen molar-refractivity contribution in [2.75, 3.05) is 6.54 Å². The van der Waals surface area contributed by atoms with Gasteiger partial charge in [-0.25, -0.2) is 17.4 Å². The van der Waals surface area contributed by atoms with Crippen LogP contribution in [0, 0.1) is 13.8 Å². The highest BCUT2D eigenvalue weighted by Gasteiger charge is 2.32. The van der Waals surface area contributed by atoms with Crippen LogP contribution in [-0.4, -0.2) is 35.0 Å². The quantitative estimate of drug-likeness (QED) is 0.578. The Morgan fingerprint density at radius 1 is 1.10 bits per heavy atom. The summed E-state index contributed by atoms with van der Waals surface area (Å²) in [4.78, 5) is 13.0. The number of carbonyl (C=O) groups is 1. The van der Waals surface area contributed by atoms with E-state index in [9.17, 15) is 26.4 Å². The molecule has 0 aliphatic rings. The topological polar surface area (TPSA) is 72.3 Å². The number of benzene rings is 2. The summed E-state index contributed by atoms with van der Waals surface area (Å²) >= 11 is 0. The molecule has 1 aromatic heterocycles. The minimum atomic E-state index is -4.53. The van der Waals surface area contributed by atoms with Gasteiger partial charge in [0.25, 0.3) is 15.9 Å². The normalized spacial score (nSPS) is 12.1. The zero-order valence-electron chi connectivity index (χ0n) is 17.0. The van der Waals surface area contributed by atoms with E-state index < -0.39 is 27.7 Å². The fraction of sp³-hybridized carbons (Fsp3) is 0.238. The third kappa shape index (κ3) is 4.34. The Balaban J connectivity index is 1.99. The van der Waals surface area contributed by atoms with Crippen molar-refractivity contribution in [2.24, 2.45) is 0 Å². The molecule has 0 aliphatic heterocycles. The molecular weight excluding hydrogens is 431 g/mol. The predicted molar refractivity (Wildman–Crippen MR) is 108 cm³/mol. The van der Waals surface area contributed by atoms with E-state index in [0.717, 1.165) is 28.2 Å². The van der Waals surface area contributed by atoms with Gasteiger partial charge in [0.05, 0.1) is 33.6 Å². The van der Waals surface area contributed by atoms with Crippen molar-refractivity contribution in [1.82, 2.24) is 14.1 Å². The second-order valence-electron chi connectivity index (χ2n) is 6.89. The van der Waals surface area contributed by atoms with Gasteiger partial charge in [-0.15, -0.1) is 0 Å². The van der Waals surface area contributed by atoms with Crippen LogP contribution in [0.3, 0.4) is 0 Å². The van der Waals surface area contributed by atoms with Gasteiger partial charge >= 0.3 is 6.18 Å². The van der Waals surface area contributed by atoms with Crippen LogP contribution in [0.4, 0.5) is 13.2 Å². The molecule has 0 saturated heterocycles. The fourth-order valence-corrected chi connectivity index (χ4v) is 4.48. The number of sulfonamides is 1. The first kappa shape index (κ1) is 22.5. The average molecular weight is 451 g/mol. The zero-order valence-corrected chi connectivity index (χ0v) is 17.8. The molecule has 2 aromatic carbocycles. The SMILES string of the molecule is CCN(C(=O)c1cnn(-c2cccc(C(F)(F)F)c2)c1C)S(=O)(=O)c1ccc(C)cc1. The molecule has 0 N–H and O–H groups in total. The Hall–Kier alpha value is -3.14. The van der Waals surface area contributed by atoms with Gasteiger partial charge in [-0.2, -0.15) is 18.3 Å². The monoisotopic (exact) mass is 451 g/mol. The van der Waals surface area contributed by atoms with Gasteiger partial charge in [0.15, 0.2) is 0 Å². The summed E-state index contributed by atoms with van der Waals surface area (Å²) in [5.41, 5.74) is 0.323. The van der Waals surface area contributed by atoms with Gasteiger partial charge in [0.2, 0.25) is 0 Å². The first-order valence-corrected chi connectivity index (χ1v) is 10.8. The number of rotatable bonds is 5. The Morgan fingerprint density at radius 2 is 1.74 bits per heavy atom. The van der Waals surface area contributed by atoms with Crippen molar-refractivity contribution < 1.29 is 26.4 Å². The van der Waals surface area contributed by atoms with E-state index in [0.29, 0.717) is 0 Å². The maximum Gasteiger partial charge on any atom is 0.416 e. The van der Waals surface area contributed by atoms with Crippen LogP contribution >= 0.6 is 0 Å². The first-order chi connectivity index (χ1) is 14.5. The van der Waals surface area contributed by atoms with Crippen molar-refractivity contribution in [2.45, 2.75) is 31.8 Å². The largest absolute Gasteiger partial charge is 0.416 e. The van der Waals surface area contributed by atoms with E-state index in [-0.39, 0.29) is 28.4 Å². The number of aryl methyl sites for hydroxylation is 1. The number of aromatic nitrogens is 2. The summed E-state index contributed by atoms with van der Waals surface area (Å²) < 4.78 is 67.0. The summed E-state index contributed by atoms with van der Waals surface area (Å²) in [7, 11) is -4.12. The number of hydrogen-bond donors (Lipinski definition) is 0. The molecule has 164 valence electrons. The molecular formula is C21H20F3N3O3S. The van der Waals surface area contributed by atoms with Crippen LogP contribution in [0.25, 0.3) is 5.69 Å². The molecule has 0 aliphatic carbocycles. The number of nitrogens with zero attached hydrogens (tertiary/aromatic N) is 3. The number of halogens is 3. The number of amides is 1. The molecule has 0 spiro atoms. The predicted octanol–water partition coefficient (Wildman–Crippen LogP) is 4.36. The van der Waals surface area contributed by atoms with E-state index in [1.165, 1.54) is 42.8 Å². The minimum Gasteiger partial charge on any atom is -0.268 e. The zero-order chi connectivity index (χ0) is 23.0. The lowest BCUT2D eigenvalue weighted by atomic mass is 10.2. The molecule has 0 atom stereocenters. The van der Waals surface area contributed by atoms with Crippen LogP contribution in [0.2, 0.25) is 0 Å². The van der Waals surface area contributed by atoms with Crippen LogP contribution in [0.15, 0.2) is 59.6 Å². The highest BCUT2D eigenvalue weighted by molar-refractivity contribution is 7.89.